The quantitative estimate of drug-likeness (QED) is 0.470. The number of aromatic nitrogens is 1. The lowest BCUT2D eigenvalue weighted by Gasteiger charge is -2.12. The average molecular weight is 308 g/mol. The third-order valence-electron chi connectivity index (χ3n) is 4.95. The van der Waals surface area contributed by atoms with Crippen LogP contribution < -0.4 is 5.73 Å². The standard InChI is InChI=1S/C22H16N2/c23-21-11-12-24-22-18(9-4-10-19(21)22)17-8-3-7-16-15-6-2-1-5-14(15)13-20(16)17/h1-12H,13H2,(H2,23,24). The number of fused-ring (bicyclic) bond motifs is 4. The molecule has 0 bridgehead atoms. The summed E-state index contributed by atoms with van der Waals surface area (Å²) in [5, 5.41) is 1.02. The van der Waals surface area contributed by atoms with Gasteiger partial charge >= 0.3 is 0 Å². The van der Waals surface area contributed by atoms with Crippen molar-refractivity contribution in [2.75, 3.05) is 5.73 Å². The van der Waals surface area contributed by atoms with Crippen molar-refractivity contribution in [2.24, 2.45) is 0 Å². The molecule has 114 valence electrons. The Morgan fingerprint density at radius 3 is 2.33 bits per heavy atom. The summed E-state index contributed by atoms with van der Waals surface area (Å²) in [5.41, 5.74) is 15.8. The number of hydrogen-bond acceptors (Lipinski definition) is 2. The highest BCUT2D eigenvalue weighted by Crippen LogP contribution is 2.42. The van der Waals surface area contributed by atoms with Crippen molar-refractivity contribution in [1.82, 2.24) is 4.98 Å². The Labute approximate surface area is 140 Å². The maximum atomic E-state index is 6.14. The Morgan fingerprint density at radius 2 is 1.42 bits per heavy atom. The molecule has 0 atom stereocenters. The highest BCUT2D eigenvalue weighted by Gasteiger charge is 2.21. The topological polar surface area (TPSA) is 38.9 Å². The van der Waals surface area contributed by atoms with E-state index in [-0.39, 0.29) is 0 Å². The molecule has 2 nitrogen and oxygen atoms in total. The van der Waals surface area contributed by atoms with E-state index < -0.39 is 0 Å². The molecule has 1 aliphatic rings. The van der Waals surface area contributed by atoms with E-state index in [2.05, 4.69) is 59.6 Å². The van der Waals surface area contributed by atoms with Crippen LogP contribution in [0.2, 0.25) is 0 Å². The van der Waals surface area contributed by atoms with Gasteiger partial charge in [0, 0.05) is 22.8 Å². The van der Waals surface area contributed by atoms with E-state index in [1.165, 1.54) is 27.8 Å². The Kier molecular flexibility index (Phi) is 2.74. The molecular weight excluding hydrogens is 292 g/mol. The van der Waals surface area contributed by atoms with Crippen molar-refractivity contribution in [3.63, 3.8) is 0 Å². The normalized spacial score (nSPS) is 12.2. The Hall–Kier alpha value is -3.13. The number of nitrogens with zero attached hydrogens (tertiary/aromatic N) is 1. The molecule has 2 N–H and O–H groups in total. The van der Waals surface area contributed by atoms with Crippen molar-refractivity contribution in [1.29, 1.82) is 0 Å². The van der Waals surface area contributed by atoms with Crippen LogP contribution >= 0.6 is 0 Å². The lowest BCUT2D eigenvalue weighted by molar-refractivity contribution is 1.26. The zero-order valence-corrected chi connectivity index (χ0v) is 13.2. The molecule has 1 aromatic heterocycles. The van der Waals surface area contributed by atoms with E-state index in [4.69, 9.17) is 5.73 Å². The van der Waals surface area contributed by atoms with Crippen LogP contribution in [-0.2, 0) is 6.42 Å². The molecule has 0 unspecified atom stereocenters. The van der Waals surface area contributed by atoms with Gasteiger partial charge in [-0.25, -0.2) is 0 Å². The average Bonchev–Trinajstić information content (AvgIpc) is 3.00. The summed E-state index contributed by atoms with van der Waals surface area (Å²) in [6.07, 6.45) is 2.76. The lowest BCUT2D eigenvalue weighted by atomic mass is 9.94. The van der Waals surface area contributed by atoms with Crippen LogP contribution in [0, 0.1) is 0 Å². The van der Waals surface area contributed by atoms with E-state index >= 15 is 0 Å². The fourth-order valence-electron chi connectivity index (χ4n) is 3.82. The van der Waals surface area contributed by atoms with Crippen LogP contribution in [-0.4, -0.2) is 4.98 Å². The molecule has 0 saturated heterocycles. The predicted octanol–water partition coefficient (Wildman–Crippen LogP) is 5.06. The molecule has 0 spiro atoms. The van der Waals surface area contributed by atoms with Gasteiger partial charge in [-0.2, -0.15) is 0 Å². The van der Waals surface area contributed by atoms with Gasteiger partial charge < -0.3 is 5.73 Å². The second-order valence-corrected chi connectivity index (χ2v) is 6.27. The maximum Gasteiger partial charge on any atom is 0.0801 e. The predicted molar refractivity (Wildman–Crippen MR) is 99.8 cm³/mol. The number of para-hydroxylation sites is 1. The highest BCUT2D eigenvalue weighted by molar-refractivity contribution is 6.01. The second kappa shape index (κ2) is 4.93. The maximum absolute atomic E-state index is 6.14. The molecule has 1 aliphatic carbocycles. The number of nitrogens with two attached hydrogens (primary N) is 1. The number of hydrogen-bond donors (Lipinski definition) is 1. The first-order chi connectivity index (χ1) is 11.8. The van der Waals surface area contributed by atoms with Crippen LogP contribution in [0.1, 0.15) is 11.1 Å². The minimum atomic E-state index is 0.776. The molecule has 0 saturated carbocycles. The van der Waals surface area contributed by atoms with Crippen LogP contribution in [0.5, 0.6) is 0 Å². The Bertz CT molecular complexity index is 1100. The molecule has 3 aromatic carbocycles. The summed E-state index contributed by atoms with van der Waals surface area (Å²) in [6.45, 7) is 0. The number of anilines is 1. The summed E-state index contributed by atoms with van der Waals surface area (Å²) in [6, 6.07) is 23.3. The van der Waals surface area contributed by atoms with E-state index in [0.717, 1.165) is 28.6 Å². The first-order valence-electron chi connectivity index (χ1n) is 8.16. The van der Waals surface area contributed by atoms with Crippen LogP contribution in [0.3, 0.4) is 0 Å². The molecular formula is C22H16N2. The van der Waals surface area contributed by atoms with Gasteiger partial charge in [0.2, 0.25) is 0 Å². The second-order valence-electron chi connectivity index (χ2n) is 6.27. The van der Waals surface area contributed by atoms with E-state index in [1.54, 1.807) is 6.20 Å². The molecule has 5 rings (SSSR count). The first kappa shape index (κ1) is 13.3. The monoisotopic (exact) mass is 308 g/mol. The lowest BCUT2D eigenvalue weighted by Crippen LogP contribution is -1.93. The molecule has 0 fully saturated rings. The largest absolute Gasteiger partial charge is 0.398 e. The van der Waals surface area contributed by atoms with E-state index in [0.29, 0.717) is 0 Å². The SMILES string of the molecule is Nc1ccnc2c(-c3cccc4c3Cc3ccccc3-4)cccc12. The van der Waals surface area contributed by atoms with Crippen molar-refractivity contribution in [2.45, 2.75) is 6.42 Å². The molecule has 2 heteroatoms. The minimum Gasteiger partial charge on any atom is -0.398 e. The number of rotatable bonds is 1. The third-order valence-corrected chi connectivity index (χ3v) is 4.95. The molecule has 1 heterocycles. The van der Waals surface area contributed by atoms with Crippen LogP contribution in [0.25, 0.3) is 33.2 Å². The number of nitrogen functional groups attached to an aromatic ring is 1. The van der Waals surface area contributed by atoms with Gasteiger partial charge in [-0.05, 0) is 40.3 Å². The first-order valence-corrected chi connectivity index (χ1v) is 8.16. The Balaban J connectivity index is 1.81. The zero-order chi connectivity index (χ0) is 16.1. The van der Waals surface area contributed by atoms with Gasteiger partial charge in [-0.1, -0.05) is 60.7 Å². The van der Waals surface area contributed by atoms with Crippen LogP contribution in [0.4, 0.5) is 5.69 Å². The molecule has 24 heavy (non-hydrogen) atoms. The summed E-state index contributed by atoms with van der Waals surface area (Å²) in [7, 11) is 0. The fraction of sp³-hybridized carbons (Fsp3) is 0.0455. The summed E-state index contributed by atoms with van der Waals surface area (Å²) >= 11 is 0. The van der Waals surface area contributed by atoms with Gasteiger partial charge in [0.25, 0.3) is 0 Å². The van der Waals surface area contributed by atoms with Crippen molar-refractivity contribution in [3.8, 4) is 22.3 Å². The van der Waals surface area contributed by atoms with Crippen LogP contribution in [0.15, 0.2) is 72.9 Å². The van der Waals surface area contributed by atoms with E-state index in [1.807, 2.05) is 12.1 Å². The number of benzene rings is 3. The van der Waals surface area contributed by atoms with Gasteiger partial charge in [0.05, 0.1) is 5.52 Å². The van der Waals surface area contributed by atoms with Crippen molar-refractivity contribution < 1.29 is 0 Å². The van der Waals surface area contributed by atoms with E-state index in [9.17, 15) is 0 Å². The van der Waals surface area contributed by atoms with Gasteiger partial charge in [0.1, 0.15) is 0 Å². The highest BCUT2D eigenvalue weighted by atomic mass is 14.7. The minimum absolute atomic E-state index is 0.776. The van der Waals surface area contributed by atoms with Gasteiger partial charge in [0.15, 0.2) is 0 Å². The molecule has 0 radical (unpaired) electrons. The van der Waals surface area contributed by atoms with Crippen molar-refractivity contribution in [3.05, 3.63) is 84.1 Å². The zero-order valence-electron chi connectivity index (χ0n) is 13.2. The fourth-order valence-corrected chi connectivity index (χ4v) is 3.82. The third kappa shape index (κ3) is 1.80. The van der Waals surface area contributed by atoms with Crippen molar-refractivity contribution >= 4 is 16.6 Å². The number of pyridine rings is 1. The molecule has 0 amide bonds. The molecule has 0 aliphatic heterocycles. The molecule has 4 aromatic rings. The van der Waals surface area contributed by atoms with Gasteiger partial charge in [-0.15, -0.1) is 0 Å². The smallest absolute Gasteiger partial charge is 0.0801 e. The van der Waals surface area contributed by atoms with Gasteiger partial charge in [-0.3, -0.25) is 4.98 Å². The summed E-state index contributed by atoms with van der Waals surface area (Å²) in [5.74, 6) is 0. The summed E-state index contributed by atoms with van der Waals surface area (Å²) in [4.78, 5) is 4.61. The Morgan fingerprint density at radius 1 is 0.708 bits per heavy atom. The summed E-state index contributed by atoms with van der Waals surface area (Å²) < 4.78 is 0.